The number of anilines is 1. The van der Waals surface area contributed by atoms with Gasteiger partial charge in [-0.3, -0.25) is 4.79 Å². The number of halogens is 1. The number of rotatable bonds is 3. The third kappa shape index (κ3) is 2.71. The Bertz CT molecular complexity index is 778. The van der Waals surface area contributed by atoms with E-state index in [4.69, 9.17) is 17.3 Å². The summed E-state index contributed by atoms with van der Waals surface area (Å²) in [5.41, 5.74) is 9.01. The number of nitrogens with two attached hydrogens (primary N) is 1. The van der Waals surface area contributed by atoms with Gasteiger partial charge in [0.05, 0.1) is 10.6 Å². The van der Waals surface area contributed by atoms with Crippen molar-refractivity contribution in [3.05, 3.63) is 76.1 Å². The number of thiophene rings is 1. The van der Waals surface area contributed by atoms with E-state index < -0.39 is 0 Å². The first-order chi connectivity index (χ1) is 10.2. The van der Waals surface area contributed by atoms with E-state index in [-0.39, 0.29) is 5.78 Å². The van der Waals surface area contributed by atoms with Crippen LogP contribution in [0.1, 0.15) is 15.9 Å². The Morgan fingerprint density at radius 2 is 1.67 bits per heavy atom. The summed E-state index contributed by atoms with van der Waals surface area (Å²) in [6.07, 6.45) is 0. The highest BCUT2D eigenvalue weighted by atomic mass is 35.5. The predicted molar refractivity (Wildman–Crippen MR) is 89.1 cm³/mol. The highest BCUT2D eigenvalue weighted by Crippen LogP contribution is 2.35. The molecule has 0 unspecified atom stereocenters. The Balaban J connectivity index is 2.09. The fraction of sp³-hybridized carbons (Fsp3) is 0. The molecule has 0 radical (unpaired) electrons. The average Bonchev–Trinajstić information content (AvgIpc) is 2.90. The van der Waals surface area contributed by atoms with Crippen LogP contribution in [0.5, 0.6) is 0 Å². The van der Waals surface area contributed by atoms with Crippen LogP contribution in [-0.4, -0.2) is 5.78 Å². The maximum absolute atomic E-state index is 12.7. The number of carbonyl (C=O) groups excluding carboxylic acids is 1. The first kappa shape index (κ1) is 13.9. The Kier molecular flexibility index (Phi) is 3.78. The molecule has 104 valence electrons. The maximum Gasteiger partial charge on any atom is 0.196 e. The fourth-order valence-corrected chi connectivity index (χ4v) is 3.13. The summed E-state index contributed by atoms with van der Waals surface area (Å²) in [6.45, 7) is 0. The quantitative estimate of drug-likeness (QED) is 0.700. The van der Waals surface area contributed by atoms with Gasteiger partial charge in [0.1, 0.15) is 0 Å². The maximum atomic E-state index is 12.7. The third-order valence-electron chi connectivity index (χ3n) is 3.24. The van der Waals surface area contributed by atoms with Crippen LogP contribution in [0.2, 0.25) is 5.02 Å². The Morgan fingerprint density at radius 3 is 2.33 bits per heavy atom. The van der Waals surface area contributed by atoms with Gasteiger partial charge in [-0.2, -0.15) is 0 Å². The van der Waals surface area contributed by atoms with E-state index in [1.54, 1.807) is 12.1 Å². The van der Waals surface area contributed by atoms with Crippen LogP contribution < -0.4 is 5.73 Å². The lowest BCUT2D eigenvalue weighted by Crippen LogP contribution is -2.04. The summed E-state index contributed by atoms with van der Waals surface area (Å²) >= 11 is 7.29. The van der Waals surface area contributed by atoms with E-state index in [0.717, 1.165) is 11.1 Å². The van der Waals surface area contributed by atoms with Crippen molar-refractivity contribution in [1.29, 1.82) is 0 Å². The van der Waals surface area contributed by atoms with E-state index in [1.165, 1.54) is 11.3 Å². The van der Waals surface area contributed by atoms with Gasteiger partial charge in [0.2, 0.25) is 0 Å². The lowest BCUT2D eigenvalue weighted by atomic mass is 9.97. The van der Waals surface area contributed by atoms with Crippen LogP contribution in [0, 0.1) is 0 Å². The standard InChI is InChI=1S/C17H12ClNOS/c18-13-8-6-11(7-9-13)14-10-21-17(19)15(14)16(20)12-4-2-1-3-5-12/h1-10H,19H2. The Labute approximate surface area is 131 Å². The van der Waals surface area contributed by atoms with Crippen molar-refractivity contribution in [3.63, 3.8) is 0 Å². The van der Waals surface area contributed by atoms with E-state index in [9.17, 15) is 4.79 Å². The molecular formula is C17H12ClNOS. The zero-order valence-corrected chi connectivity index (χ0v) is 12.6. The van der Waals surface area contributed by atoms with Gasteiger partial charge in [0.25, 0.3) is 0 Å². The van der Waals surface area contributed by atoms with Crippen molar-refractivity contribution in [3.8, 4) is 11.1 Å². The molecule has 2 nitrogen and oxygen atoms in total. The molecule has 1 heterocycles. The zero-order chi connectivity index (χ0) is 14.8. The second-order valence-corrected chi connectivity index (χ2v) is 5.94. The molecule has 1 aromatic heterocycles. The second-order valence-electron chi connectivity index (χ2n) is 4.59. The molecule has 0 spiro atoms. The van der Waals surface area contributed by atoms with Gasteiger partial charge in [-0.25, -0.2) is 0 Å². The first-order valence-electron chi connectivity index (χ1n) is 6.39. The van der Waals surface area contributed by atoms with Crippen molar-refractivity contribution in [1.82, 2.24) is 0 Å². The molecule has 0 amide bonds. The summed E-state index contributed by atoms with van der Waals surface area (Å²) in [5, 5.41) is 3.11. The number of ketones is 1. The van der Waals surface area contributed by atoms with Crippen molar-refractivity contribution in [2.75, 3.05) is 5.73 Å². The molecule has 4 heteroatoms. The molecule has 0 aliphatic rings. The van der Waals surface area contributed by atoms with Gasteiger partial charge in [0, 0.05) is 21.5 Å². The van der Waals surface area contributed by atoms with Crippen LogP contribution >= 0.6 is 22.9 Å². The molecule has 0 aliphatic heterocycles. The van der Waals surface area contributed by atoms with Gasteiger partial charge >= 0.3 is 0 Å². The second kappa shape index (κ2) is 5.72. The van der Waals surface area contributed by atoms with Gasteiger partial charge in [-0.1, -0.05) is 54.1 Å². The molecule has 0 saturated heterocycles. The number of carbonyl (C=O) groups is 1. The number of nitrogen functional groups attached to an aromatic ring is 1. The molecule has 21 heavy (non-hydrogen) atoms. The summed E-state index contributed by atoms with van der Waals surface area (Å²) in [6, 6.07) is 16.6. The predicted octanol–water partition coefficient (Wildman–Crippen LogP) is 4.88. The van der Waals surface area contributed by atoms with Crippen molar-refractivity contribution in [2.45, 2.75) is 0 Å². The highest BCUT2D eigenvalue weighted by molar-refractivity contribution is 7.15. The van der Waals surface area contributed by atoms with Crippen LogP contribution in [-0.2, 0) is 0 Å². The Hall–Kier alpha value is -2.10. The molecule has 0 bridgehead atoms. The molecule has 3 aromatic rings. The summed E-state index contributed by atoms with van der Waals surface area (Å²) < 4.78 is 0. The van der Waals surface area contributed by atoms with Crippen molar-refractivity contribution < 1.29 is 4.79 Å². The van der Waals surface area contributed by atoms with E-state index in [2.05, 4.69) is 0 Å². The van der Waals surface area contributed by atoms with Crippen molar-refractivity contribution in [2.24, 2.45) is 0 Å². The fourth-order valence-electron chi connectivity index (χ4n) is 2.18. The molecular weight excluding hydrogens is 302 g/mol. The number of hydrogen-bond acceptors (Lipinski definition) is 3. The minimum Gasteiger partial charge on any atom is -0.390 e. The molecule has 0 saturated carbocycles. The summed E-state index contributed by atoms with van der Waals surface area (Å²) in [7, 11) is 0. The lowest BCUT2D eigenvalue weighted by Gasteiger charge is -2.06. The van der Waals surface area contributed by atoms with Crippen molar-refractivity contribution >= 4 is 33.7 Å². The van der Waals surface area contributed by atoms with E-state index in [0.29, 0.717) is 21.2 Å². The molecule has 2 aromatic carbocycles. The van der Waals surface area contributed by atoms with Crippen LogP contribution in [0.3, 0.4) is 0 Å². The SMILES string of the molecule is Nc1scc(-c2ccc(Cl)cc2)c1C(=O)c1ccccc1. The normalized spacial score (nSPS) is 10.5. The van der Waals surface area contributed by atoms with E-state index >= 15 is 0 Å². The number of hydrogen-bond donors (Lipinski definition) is 1. The summed E-state index contributed by atoms with van der Waals surface area (Å²) in [5.74, 6) is -0.0562. The van der Waals surface area contributed by atoms with Gasteiger partial charge in [-0.05, 0) is 17.7 Å². The van der Waals surface area contributed by atoms with Crippen LogP contribution in [0.15, 0.2) is 60.0 Å². The van der Waals surface area contributed by atoms with Crippen LogP contribution in [0.4, 0.5) is 5.00 Å². The zero-order valence-electron chi connectivity index (χ0n) is 11.0. The minimum absolute atomic E-state index is 0.0562. The van der Waals surface area contributed by atoms with Gasteiger partial charge < -0.3 is 5.73 Å². The topological polar surface area (TPSA) is 43.1 Å². The monoisotopic (exact) mass is 313 g/mol. The van der Waals surface area contributed by atoms with Gasteiger partial charge in [-0.15, -0.1) is 11.3 Å². The summed E-state index contributed by atoms with van der Waals surface area (Å²) in [4.78, 5) is 12.7. The van der Waals surface area contributed by atoms with Gasteiger partial charge in [0.15, 0.2) is 5.78 Å². The average molecular weight is 314 g/mol. The molecule has 0 aliphatic carbocycles. The lowest BCUT2D eigenvalue weighted by molar-refractivity contribution is 0.104. The molecule has 0 fully saturated rings. The Morgan fingerprint density at radius 1 is 1.00 bits per heavy atom. The smallest absolute Gasteiger partial charge is 0.196 e. The highest BCUT2D eigenvalue weighted by Gasteiger charge is 2.19. The molecule has 3 rings (SSSR count). The van der Waals surface area contributed by atoms with Crippen LogP contribution in [0.25, 0.3) is 11.1 Å². The largest absolute Gasteiger partial charge is 0.390 e. The third-order valence-corrected chi connectivity index (χ3v) is 4.30. The minimum atomic E-state index is -0.0562. The number of benzene rings is 2. The van der Waals surface area contributed by atoms with E-state index in [1.807, 2.05) is 47.8 Å². The molecule has 2 N–H and O–H groups in total. The molecule has 0 atom stereocenters. The first-order valence-corrected chi connectivity index (χ1v) is 7.65.